The number of hydrogen-bond donors (Lipinski definition) is 1. The highest BCUT2D eigenvalue weighted by Crippen LogP contribution is 2.30. The van der Waals surface area contributed by atoms with E-state index in [4.69, 9.17) is 9.47 Å². The first-order chi connectivity index (χ1) is 15.8. The molecule has 3 aromatic rings. The SMILES string of the molecule is O=C(Nc1nc(OCc2ccccc2)c2ncn(C3CCCCO3)c2n1)N1CCCCC1. The van der Waals surface area contributed by atoms with Crippen LogP contribution >= 0.6 is 0 Å². The van der Waals surface area contributed by atoms with Gasteiger partial charge in [-0.15, -0.1) is 0 Å². The van der Waals surface area contributed by atoms with Gasteiger partial charge in [0.15, 0.2) is 11.2 Å². The molecule has 2 aromatic heterocycles. The molecule has 2 saturated heterocycles. The molecule has 4 heterocycles. The van der Waals surface area contributed by atoms with E-state index in [0.29, 0.717) is 30.3 Å². The number of benzene rings is 1. The first-order valence-corrected chi connectivity index (χ1v) is 11.4. The number of fused-ring (bicyclic) bond motifs is 1. The molecule has 1 aromatic carbocycles. The Morgan fingerprint density at radius 1 is 1.09 bits per heavy atom. The van der Waals surface area contributed by atoms with Crippen LogP contribution in [0.5, 0.6) is 5.88 Å². The number of aromatic nitrogens is 4. The van der Waals surface area contributed by atoms with E-state index in [1.807, 2.05) is 39.8 Å². The quantitative estimate of drug-likeness (QED) is 0.646. The van der Waals surface area contributed by atoms with Crippen molar-refractivity contribution in [3.63, 3.8) is 0 Å². The molecule has 9 nitrogen and oxygen atoms in total. The normalized spacial score (nSPS) is 19.1. The Kier molecular flexibility index (Phi) is 6.15. The molecule has 9 heteroatoms. The smallest absolute Gasteiger partial charge is 0.324 e. The third-order valence-electron chi connectivity index (χ3n) is 5.94. The second-order valence-electron chi connectivity index (χ2n) is 8.25. The first-order valence-electron chi connectivity index (χ1n) is 11.4. The highest BCUT2D eigenvalue weighted by Gasteiger charge is 2.23. The van der Waals surface area contributed by atoms with Crippen LogP contribution in [0.15, 0.2) is 36.7 Å². The summed E-state index contributed by atoms with van der Waals surface area (Å²) in [5, 5.41) is 2.87. The van der Waals surface area contributed by atoms with Crippen molar-refractivity contribution in [3.05, 3.63) is 42.2 Å². The summed E-state index contributed by atoms with van der Waals surface area (Å²) < 4.78 is 13.9. The summed E-state index contributed by atoms with van der Waals surface area (Å²) >= 11 is 0. The third kappa shape index (κ3) is 4.52. The second kappa shape index (κ2) is 9.52. The minimum absolute atomic E-state index is 0.128. The minimum Gasteiger partial charge on any atom is -0.471 e. The van der Waals surface area contributed by atoms with Gasteiger partial charge in [0.1, 0.15) is 12.8 Å². The molecule has 0 bridgehead atoms. The van der Waals surface area contributed by atoms with Crippen LogP contribution in [0, 0.1) is 0 Å². The van der Waals surface area contributed by atoms with Gasteiger partial charge in [-0.1, -0.05) is 30.3 Å². The average molecular weight is 437 g/mol. The van der Waals surface area contributed by atoms with E-state index in [1.165, 1.54) is 0 Å². The lowest BCUT2D eigenvalue weighted by atomic mass is 10.1. The Morgan fingerprint density at radius 3 is 2.72 bits per heavy atom. The monoisotopic (exact) mass is 436 g/mol. The largest absolute Gasteiger partial charge is 0.471 e. The molecule has 168 valence electrons. The van der Waals surface area contributed by atoms with Crippen molar-refractivity contribution in [1.29, 1.82) is 0 Å². The number of urea groups is 1. The molecule has 0 radical (unpaired) electrons. The van der Waals surface area contributed by atoms with Gasteiger partial charge in [0.2, 0.25) is 11.8 Å². The lowest BCUT2D eigenvalue weighted by molar-refractivity contribution is -0.0298. The van der Waals surface area contributed by atoms with Crippen LogP contribution in [-0.4, -0.2) is 50.1 Å². The molecule has 32 heavy (non-hydrogen) atoms. The van der Waals surface area contributed by atoms with Crippen molar-refractivity contribution in [1.82, 2.24) is 24.4 Å². The molecule has 0 saturated carbocycles. The number of likely N-dealkylation sites (tertiary alicyclic amines) is 1. The zero-order valence-electron chi connectivity index (χ0n) is 18.1. The molecule has 2 fully saturated rings. The minimum atomic E-state index is -0.182. The number of hydrogen-bond acceptors (Lipinski definition) is 6. The van der Waals surface area contributed by atoms with E-state index in [9.17, 15) is 4.79 Å². The van der Waals surface area contributed by atoms with Crippen molar-refractivity contribution in [2.75, 3.05) is 25.0 Å². The Hall–Kier alpha value is -3.20. The number of amides is 2. The van der Waals surface area contributed by atoms with Crippen LogP contribution in [0.2, 0.25) is 0 Å². The fraction of sp³-hybridized carbons (Fsp3) is 0.478. The molecule has 1 N–H and O–H groups in total. The highest BCUT2D eigenvalue weighted by atomic mass is 16.5. The molecule has 1 atom stereocenters. The molecule has 0 spiro atoms. The standard InChI is InChI=1S/C23H28N6O3/c30-23(28-12-6-2-7-13-28)27-22-25-20-19(24-16-29(20)18-11-5-8-14-31-18)21(26-22)32-15-17-9-3-1-4-10-17/h1,3-4,9-10,16,18H,2,5-8,11-15H2,(H,25,26,27,30). The molecular formula is C23H28N6O3. The molecule has 1 unspecified atom stereocenters. The average Bonchev–Trinajstić information content (AvgIpc) is 3.28. The van der Waals surface area contributed by atoms with E-state index in [0.717, 1.165) is 57.2 Å². The summed E-state index contributed by atoms with van der Waals surface area (Å²) in [6.07, 6.45) is 7.83. The Balaban J connectivity index is 1.45. The molecule has 5 rings (SSSR count). The number of ether oxygens (including phenoxy) is 2. The highest BCUT2D eigenvalue weighted by molar-refractivity contribution is 5.89. The molecule has 2 aliphatic heterocycles. The lowest BCUT2D eigenvalue weighted by Gasteiger charge is -2.26. The maximum atomic E-state index is 12.8. The van der Waals surface area contributed by atoms with Gasteiger partial charge in [-0.25, -0.2) is 9.78 Å². The molecule has 2 aliphatic rings. The number of carbonyl (C=O) groups excluding carboxylic acids is 1. The number of imidazole rings is 1. The van der Waals surface area contributed by atoms with E-state index in [-0.39, 0.29) is 18.2 Å². The zero-order chi connectivity index (χ0) is 21.8. The van der Waals surface area contributed by atoms with Crippen molar-refractivity contribution < 1.29 is 14.3 Å². The second-order valence-corrected chi connectivity index (χ2v) is 8.25. The van der Waals surface area contributed by atoms with Gasteiger partial charge in [-0.3, -0.25) is 9.88 Å². The summed E-state index contributed by atoms with van der Waals surface area (Å²) in [6.45, 7) is 2.56. The Labute approximate surface area is 186 Å². The summed E-state index contributed by atoms with van der Waals surface area (Å²) in [7, 11) is 0. The van der Waals surface area contributed by atoms with Crippen LogP contribution < -0.4 is 10.1 Å². The van der Waals surface area contributed by atoms with Crippen LogP contribution in [0.25, 0.3) is 11.2 Å². The van der Waals surface area contributed by atoms with Crippen molar-refractivity contribution >= 4 is 23.1 Å². The van der Waals surface area contributed by atoms with Crippen LogP contribution in [-0.2, 0) is 11.3 Å². The maximum Gasteiger partial charge on any atom is 0.324 e. The van der Waals surface area contributed by atoms with Crippen LogP contribution in [0.3, 0.4) is 0 Å². The summed E-state index contributed by atoms with van der Waals surface area (Å²) in [5.74, 6) is 0.566. The number of rotatable bonds is 5. The maximum absolute atomic E-state index is 12.8. The van der Waals surface area contributed by atoms with Crippen LogP contribution in [0.4, 0.5) is 10.7 Å². The fourth-order valence-corrected chi connectivity index (χ4v) is 4.20. The molecule has 0 aliphatic carbocycles. The van der Waals surface area contributed by atoms with Gasteiger partial charge in [-0.2, -0.15) is 9.97 Å². The zero-order valence-corrected chi connectivity index (χ0v) is 18.1. The summed E-state index contributed by atoms with van der Waals surface area (Å²) in [5.41, 5.74) is 2.18. The molecule has 2 amide bonds. The van der Waals surface area contributed by atoms with Crippen molar-refractivity contribution in [3.8, 4) is 5.88 Å². The van der Waals surface area contributed by atoms with Crippen molar-refractivity contribution in [2.45, 2.75) is 51.4 Å². The van der Waals surface area contributed by atoms with Gasteiger partial charge in [-0.05, 0) is 44.1 Å². The lowest BCUT2D eigenvalue weighted by Crippen LogP contribution is -2.39. The third-order valence-corrected chi connectivity index (χ3v) is 5.94. The summed E-state index contributed by atoms with van der Waals surface area (Å²) in [6, 6.07) is 9.70. The van der Waals surface area contributed by atoms with E-state index < -0.39 is 0 Å². The first kappa shape index (κ1) is 20.7. The number of nitrogens with one attached hydrogen (secondary N) is 1. The fourth-order valence-electron chi connectivity index (χ4n) is 4.20. The number of carbonyl (C=O) groups is 1. The van der Waals surface area contributed by atoms with Gasteiger partial charge in [0.05, 0.1) is 6.33 Å². The predicted octanol–water partition coefficient (Wildman–Crippen LogP) is 4.12. The Morgan fingerprint density at radius 2 is 1.94 bits per heavy atom. The van der Waals surface area contributed by atoms with E-state index in [1.54, 1.807) is 6.33 Å². The van der Waals surface area contributed by atoms with Gasteiger partial charge >= 0.3 is 6.03 Å². The molecular weight excluding hydrogens is 408 g/mol. The number of anilines is 1. The van der Waals surface area contributed by atoms with Gasteiger partial charge in [0, 0.05) is 19.7 Å². The Bertz CT molecular complexity index is 1060. The van der Waals surface area contributed by atoms with Gasteiger partial charge in [0.25, 0.3) is 0 Å². The van der Waals surface area contributed by atoms with E-state index in [2.05, 4.69) is 20.3 Å². The van der Waals surface area contributed by atoms with Crippen molar-refractivity contribution in [2.24, 2.45) is 0 Å². The van der Waals surface area contributed by atoms with Gasteiger partial charge < -0.3 is 14.4 Å². The van der Waals surface area contributed by atoms with E-state index >= 15 is 0 Å². The number of nitrogens with zero attached hydrogens (tertiary/aromatic N) is 5. The summed E-state index contributed by atoms with van der Waals surface area (Å²) in [4.78, 5) is 28.2. The number of piperidine rings is 1. The van der Waals surface area contributed by atoms with Crippen LogP contribution in [0.1, 0.15) is 50.3 Å². The predicted molar refractivity (Wildman–Crippen MR) is 119 cm³/mol. The topological polar surface area (TPSA) is 94.4 Å².